The van der Waals surface area contributed by atoms with Crippen LogP contribution in [0.25, 0.3) is 10.1 Å². The van der Waals surface area contributed by atoms with Gasteiger partial charge in [0.15, 0.2) is 5.11 Å². The Morgan fingerprint density at radius 3 is 2.73 bits per heavy atom. The quantitative estimate of drug-likeness (QED) is 0.370. The minimum absolute atomic E-state index is 0.0510. The van der Waals surface area contributed by atoms with Gasteiger partial charge < -0.3 is 15.4 Å². The van der Waals surface area contributed by atoms with Gasteiger partial charge in [-0.15, -0.1) is 17.9 Å². The highest BCUT2D eigenvalue weighted by Crippen LogP contribution is 2.37. The molecule has 30 heavy (non-hydrogen) atoms. The standard InChI is InChI=1S/C21H18ClN3O3S2/c1-3-10-23-19(26)13-6-4-5-7-15(13)24-21(29)25-20(27)18-17(22)14-9-8-12(28-2)11-16(14)30-18/h3-9,11H,1,10H2,2H3,(H,23,26)(H2,24,25,27,29). The highest BCUT2D eigenvalue weighted by atomic mass is 35.5. The van der Waals surface area contributed by atoms with Gasteiger partial charge >= 0.3 is 0 Å². The van der Waals surface area contributed by atoms with Crippen LogP contribution in [0.15, 0.2) is 55.1 Å². The number of rotatable bonds is 6. The normalized spacial score (nSPS) is 10.3. The summed E-state index contributed by atoms with van der Waals surface area (Å²) in [5.74, 6) is -0.0456. The van der Waals surface area contributed by atoms with Crippen molar-refractivity contribution >= 4 is 67.9 Å². The summed E-state index contributed by atoms with van der Waals surface area (Å²) in [5, 5.41) is 9.37. The van der Waals surface area contributed by atoms with Crippen LogP contribution in [0.3, 0.4) is 0 Å². The molecule has 3 aromatic rings. The number of halogens is 1. The zero-order valence-corrected chi connectivity index (χ0v) is 18.3. The summed E-state index contributed by atoms with van der Waals surface area (Å²) in [7, 11) is 1.57. The lowest BCUT2D eigenvalue weighted by molar-refractivity contribution is 0.0956. The van der Waals surface area contributed by atoms with Gasteiger partial charge in [0, 0.05) is 16.6 Å². The zero-order valence-electron chi connectivity index (χ0n) is 16.0. The number of para-hydroxylation sites is 1. The van der Waals surface area contributed by atoms with E-state index in [1.165, 1.54) is 11.3 Å². The Bertz CT molecular complexity index is 1140. The number of carbonyl (C=O) groups excluding carboxylic acids is 2. The Kier molecular flexibility index (Phi) is 7.04. The van der Waals surface area contributed by atoms with E-state index in [9.17, 15) is 9.59 Å². The molecule has 0 aliphatic rings. The third-order valence-electron chi connectivity index (χ3n) is 4.10. The zero-order chi connectivity index (χ0) is 21.7. The van der Waals surface area contributed by atoms with E-state index in [0.29, 0.717) is 33.4 Å². The molecule has 1 heterocycles. The fourth-order valence-corrected chi connectivity index (χ4v) is 4.33. The number of thiocarbonyl (C=S) groups is 1. The summed E-state index contributed by atoms with van der Waals surface area (Å²) in [6, 6.07) is 12.2. The molecule has 0 saturated heterocycles. The van der Waals surface area contributed by atoms with Gasteiger partial charge in [0.05, 0.1) is 23.4 Å². The molecule has 0 aliphatic heterocycles. The van der Waals surface area contributed by atoms with Gasteiger partial charge in [-0.2, -0.15) is 0 Å². The predicted octanol–water partition coefficient (Wildman–Crippen LogP) is 4.61. The smallest absolute Gasteiger partial charge is 0.269 e. The largest absolute Gasteiger partial charge is 0.497 e. The van der Waals surface area contributed by atoms with Gasteiger partial charge in [-0.1, -0.05) is 29.8 Å². The molecular formula is C21H18ClN3O3S2. The number of methoxy groups -OCH3 is 1. The van der Waals surface area contributed by atoms with Crippen LogP contribution >= 0.6 is 35.2 Å². The number of hydrogen-bond donors (Lipinski definition) is 3. The van der Waals surface area contributed by atoms with Crippen molar-refractivity contribution in [1.82, 2.24) is 10.6 Å². The van der Waals surface area contributed by atoms with Crippen molar-refractivity contribution < 1.29 is 14.3 Å². The first kappa shape index (κ1) is 21.8. The van der Waals surface area contributed by atoms with Crippen molar-refractivity contribution in [2.75, 3.05) is 19.0 Å². The summed E-state index contributed by atoms with van der Waals surface area (Å²) in [5.41, 5.74) is 0.861. The summed E-state index contributed by atoms with van der Waals surface area (Å²) in [6.07, 6.45) is 1.59. The minimum Gasteiger partial charge on any atom is -0.497 e. The van der Waals surface area contributed by atoms with E-state index in [4.69, 9.17) is 28.6 Å². The van der Waals surface area contributed by atoms with Crippen molar-refractivity contribution in [2.24, 2.45) is 0 Å². The Morgan fingerprint density at radius 1 is 1.23 bits per heavy atom. The van der Waals surface area contributed by atoms with Crippen LogP contribution in [-0.2, 0) is 0 Å². The number of amides is 2. The Labute approximate surface area is 187 Å². The van der Waals surface area contributed by atoms with Crippen molar-refractivity contribution in [3.05, 3.63) is 70.6 Å². The maximum Gasteiger partial charge on any atom is 0.269 e. The average Bonchev–Trinajstić information content (AvgIpc) is 3.08. The highest BCUT2D eigenvalue weighted by molar-refractivity contribution is 7.80. The van der Waals surface area contributed by atoms with Crippen molar-refractivity contribution in [2.45, 2.75) is 0 Å². The van der Waals surface area contributed by atoms with E-state index < -0.39 is 5.91 Å². The molecule has 0 radical (unpaired) electrons. The van der Waals surface area contributed by atoms with E-state index >= 15 is 0 Å². The molecule has 6 nitrogen and oxygen atoms in total. The van der Waals surface area contributed by atoms with Gasteiger partial charge in [0.1, 0.15) is 10.6 Å². The highest BCUT2D eigenvalue weighted by Gasteiger charge is 2.19. The molecule has 2 aromatic carbocycles. The van der Waals surface area contributed by atoms with Crippen LogP contribution < -0.4 is 20.7 Å². The second-order valence-electron chi connectivity index (χ2n) is 6.06. The fraction of sp³-hybridized carbons (Fsp3) is 0.0952. The SMILES string of the molecule is C=CCNC(=O)c1ccccc1NC(=S)NC(=O)c1sc2cc(OC)ccc2c1Cl. The van der Waals surface area contributed by atoms with Crippen LogP contribution in [0.2, 0.25) is 5.02 Å². The molecule has 0 unspecified atom stereocenters. The number of carbonyl (C=O) groups is 2. The van der Waals surface area contributed by atoms with E-state index in [1.54, 1.807) is 49.6 Å². The van der Waals surface area contributed by atoms with Gasteiger partial charge in [-0.3, -0.25) is 14.9 Å². The number of hydrogen-bond acceptors (Lipinski definition) is 5. The molecule has 1 aromatic heterocycles. The first-order valence-corrected chi connectivity index (χ1v) is 10.4. The lowest BCUT2D eigenvalue weighted by Gasteiger charge is -2.13. The van der Waals surface area contributed by atoms with Gasteiger partial charge in [-0.25, -0.2) is 0 Å². The summed E-state index contributed by atoms with van der Waals surface area (Å²) >= 11 is 12.9. The molecule has 0 atom stereocenters. The first-order chi connectivity index (χ1) is 14.4. The number of fused-ring (bicyclic) bond motifs is 1. The molecule has 0 saturated carbocycles. The van der Waals surface area contributed by atoms with E-state index in [-0.39, 0.29) is 11.0 Å². The van der Waals surface area contributed by atoms with Crippen LogP contribution in [0.1, 0.15) is 20.0 Å². The number of ether oxygens (including phenoxy) is 1. The molecular weight excluding hydrogens is 442 g/mol. The molecule has 2 amide bonds. The van der Waals surface area contributed by atoms with Crippen LogP contribution in [0.5, 0.6) is 5.75 Å². The number of nitrogens with one attached hydrogen (secondary N) is 3. The van der Waals surface area contributed by atoms with E-state index in [1.807, 2.05) is 6.07 Å². The molecule has 3 rings (SSSR count). The molecule has 9 heteroatoms. The third-order valence-corrected chi connectivity index (χ3v) is 5.96. The number of thiophene rings is 1. The minimum atomic E-state index is -0.439. The molecule has 0 bridgehead atoms. The third kappa shape index (κ3) is 4.79. The maximum absolute atomic E-state index is 12.7. The maximum atomic E-state index is 12.7. The lowest BCUT2D eigenvalue weighted by atomic mass is 10.1. The summed E-state index contributed by atoms with van der Waals surface area (Å²) in [6.45, 7) is 3.91. The second-order valence-corrected chi connectivity index (χ2v) is 7.90. The summed E-state index contributed by atoms with van der Waals surface area (Å²) < 4.78 is 6.04. The van der Waals surface area contributed by atoms with Crippen LogP contribution in [0, 0.1) is 0 Å². The molecule has 3 N–H and O–H groups in total. The molecule has 0 aliphatic carbocycles. The fourth-order valence-electron chi connectivity index (χ4n) is 2.68. The average molecular weight is 460 g/mol. The number of benzene rings is 2. The van der Waals surface area contributed by atoms with Gasteiger partial charge in [-0.05, 0) is 42.5 Å². The van der Waals surface area contributed by atoms with Crippen LogP contribution in [0.4, 0.5) is 5.69 Å². The monoisotopic (exact) mass is 459 g/mol. The molecule has 0 spiro atoms. The van der Waals surface area contributed by atoms with Crippen molar-refractivity contribution in [3.8, 4) is 5.75 Å². The number of anilines is 1. The Morgan fingerprint density at radius 2 is 2.00 bits per heavy atom. The van der Waals surface area contributed by atoms with E-state index in [0.717, 1.165) is 10.1 Å². The van der Waals surface area contributed by atoms with Crippen LogP contribution in [-0.4, -0.2) is 30.6 Å². The Hall–Kier alpha value is -2.94. The topological polar surface area (TPSA) is 79.5 Å². The van der Waals surface area contributed by atoms with Gasteiger partial charge in [0.2, 0.25) is 0 Å². The second kappa shape index (κ2) is 9.71. The lowest BCUT2D eigenvalue weighted by Crippen LogP contribution is -2.34. The molecule has 154 valence electrons. The predicted molar refractivity (Wildman–Crippen MR) is 126 cm³/mol. The summed E-state index contributed by atoms with van der Waals surface area (Å²) in [4.78, 5) is 25.3. The van der Waals surface area contributed by atoms with Gasteiger partial charge in [0.25, 0.3) is 11.8 Å². The van der Waals surface area contributed by atoms with Crippen molar-refractivity contribution in [3.63, 3.8) is 0 Å². The van der Waals surface area contributed by atoms with Crippen molar-refractivity contribution in [1.29, 1.82) is 0 Å². The first-order valence-electron chi connectivity index (χ1n) is 8.81. The van der Waals surface area contributed by atoms with E-state index in [2.05, 4.69) is 22.5 Å². The Balaban J connectivity index is 1.75. The molecule has 0 fully saturated rings.